The summed E-state index contributed by atoms with van der Waals surface area (Å²) in [6.45, 7) is 3.99. The molecule has 4 rings (SSSR count). The third kappa shape index (κ3) is 3.68. The van der Waals surface area contributed by atoms with Gasteiger partial charge in [-0.2, -0.15) is 0 Å². The average Bonchev–Trinajstić information content (AvgIpc) is 3.22. The van der Waals surface area contributed by atoms with Crippen LogP contribution in [0.3, 0.4) is 0 Å². The number of rotatable bonds is 4. The summed E-state index contributed by atoms with van der Waals surface area (Å²) in [5.41, 5.74) is 5.72. The van der Waals surface area contributed by atoms with Crippen molar-refractivity contribution >= 4 is 34.0 Å². The van der Waals surface area contributed by atoms with Crippen LogP contribution in [0.25, 0.3) is 22.4 Å². The Bertz CT molecular complexity index is 1200. The van der Waals surface area contributed by atoms with E-state index in [0.717, 1.165) is 33.1 Å². The average molecular weight is 379 g/mol. The molecule has 0 aliphatic rings. The van der Waals surface area contributed by atoms with E-state index in [1.54, 1.807) is 12.1 Å². The predicted octanol–water partition coefficient (Wildman–Crippen LogP) is 4.04. The SMILES string of the molecule is Cc1ccc(NC(=O)Cc2nc(-c3ccc4[nH]c(=O)oc4c3)cs2)c(C)c1. The van der Waals surface area contributed by atoms with E-state index in [2.05, 4.69) is 15.3 Å². The Morgan fingerprint density at radius 3 is 2.89 bits per heavy atom. The van der Waals surface area contributed by atoms with Gasteiger partial charge in [-0.25, -0.2) is 9.78 Å². The third-order valence-electron chi connectivity index (χ3n) is 4.24. The second kappa shape index (κ2) is 6.85. The van der Waals surface area contributed by atoms with Crippen LogP contribution in [0.15, 0.2) is 51.0 Å². The van der Waals surface area contributed by atoms with Gasteiger partial charge in [0.2, 0.25) is 5.91 Å². The number of oxazole rings is 1. The van der Waals surface area contributed by atoms with Crippen LogP contribution in [0.4, 0.5) is 5.69 Å². The number of fused-ring (bicyclic) bond motifs is 1. The van der Waals surface area contributed by atoms with Gasteiger partial charge in [-0.3, -0.25) is 9.78 Å². The third-order valence-corrected chi connectivity index (χ3v) is 5.09. The summed E-state index contributed by atoms with van der Waals surface area (Å²) in [6.07, 6.45) is 0.208. The summed E-state index contributed by atoms with van der Waals surface area (Å²) in [5.74, 6) is -0.584. The summed E-state index contributed by atoms with van der Waals surface area (Å²) >= 11 is 1.43. The molecule has 27 heavy (non-hydrogen) atoms. The molecule has 0 atom stereocenters. The maximum atomic E-state index is 12.3. The van der Waals surface area contributed by atoms with Gasteiger partial charge in [0.25, 0.3) is 0 Å². The number of nitrogens with zero attached hydrogens (tertiary/aromatic N) is 1. The number of carbonyl (C=O) groups excluding carboxylic acids is 1. The number of hydrogen-bond acceptors (Lipinski definition) is 5. The number of amides is 1. The number of H-pyrrole nitrogens is 1. The summed E-state index contributed by atoms with van der Waals surface area (Å²) < 4.78 is 5.09. The first kappa shape index (κ1) is 17.2. The number of aromatic amines is 1. The maximum Gasteiger partial charge on any atom is 0.417 e. The minimum Gasteiger partial charge on any atom is -0.408 e. The largest absolute Gasteiger partial charge is 0.417 e. The molecule has 6 nitrogen and oxygen atoms in total. The lowest BCUT2D eigenvalue weighted by molar-refractivity contribution is -0.115. The van der Waals surface area contributed by atoms with Gasteiger partial charge >= 0.3 is 5.76 Å². The maximum absolute atomic E-state index is 12.3. The number of hydrogen-bond donors (Lipinski definition) is 2. The molecular formula is C20H17N3O3S. The number of carbonyl (C=O) groups is 1. The van der Waals surface area contributed by atoms with Gasteiger partial charge in [-0.1, -0.05) is 23.8 Å². The monoisotopic (exact) mass is 379 g/mol. The van der Waals surface area contributed by atoms with E-state index in [-0.39, 0.29) is 12.3 Å². The van der Waals surface area contributed by atoms with E-state index in [9.17, 15) is 9.59 Å². The molecule has 2 N–H and O–H groups in total. The van der Waals surface area contributed by atoms with E-state index < -0.39 is 5.76 Å². The molecule has 136 valence electrons. The van der Waals surface area contributed by atoms with Gasteiger partial charge in [-0.05, 0) is 37.6 Å². The molecule has 2 heterocycles. The van der Waals surface area contributed by atoms with E-state index in [1.807, 2.05) is 43.5 Å². The first-order valence-electron chi connectivity index (χ1n) is 8.43. The highest BCUT2D eigenvalue weighted by Gasteiger charge is 2.12. The highest BCUT2D eigenvalue weighted by Crippen LogP contribution is 2.25. The first-order chi connectivity index (χ1) is 13.0. The molecule has 4 aromatic rings. The van der Waals surface area contributed by atoms with Crippen LogP contribution in [0.2, 0.25) is 0 Å². The molecule has 0 bridgehead atoms. The molecule has 0 saturated heterocycles. The van der Waals surface area contributed by atoms with Crippen LogP contribution in [-0.2, 0) is 11.2 Å². The quantitative estimate of drug-likeness (QED) is 0.560. The number of nitrogens with one attached hydrogen (secondary N) is 2. The van der Waals surface area contributed by atoms with Crippen LogP contribution >= 0.6 is 11.3 Å². The molecule has 0 unspecified atom stereocenters. The lowest BCUT2D eigenvalue weighted by atomic mass is 10.1. The molecular weight excluding hydrogens is 362 g/mol. The number of anilines is 1. The lowest BCUT2D eigenvalue weighted by Gasteiger charge is -2.08. The van der Waals surface area contributed by atoms with Gasteiger partial charge in [0, 0.05) is 16.6 Å². The van der Waals surface area contributed by atoms with E-state index in [4.69, 9.17) is 4.42 Å². The topological polar surface area (TPSA) is 88.0 Å². The summed E-state index contributed by atoms with van der Waals surface area (Å²) in [7, 11) is 0. The van der Waals surface area contributed by atoms with E-state index >= 15 is 0 Å². The van der Waals surface area contributed by atoms with Crippen LogP contribution < -0.4 is 11.1 Å². The molecule has 2 aromatic carbocycles. The van der Waals surface area contributed by atoms with Crippen molar-refractivity contribution in [3.05, 3.63) is 68.5 Å². The molecule has 2 aromatic heterocycles. The number of aryl methyl sites for hydroxylation is 2. The predicted molar refractivity (Wildman–Crippen MR) is 106 cm³/mol. The zero-order valence-corrected chi connectivity index (χ0v) is 15.6. The molecule has 0 aliphatic heterocycles. The fourth-order valence-electron chi connectivity index (χ4n) is 2.91. The fraction of sp³-hybridized carbons (Fsp3) is 0.150. The Hall–Kier alpha value is -3.19. The van der Waals surface area contributed by atoms with Crippen molar-refractivity contribution in [3.8, 4) is 11.3 Å². The van der Waals surface area contributed by atoms with Crippen molar-refractivity contribution in [2.45, 2.75) is 20.3 Å². The van der Waals surface area contributed by atoms with Crippen LogP contribution in [0.5, 0.6) is 0 Å². The summed E-state index contributed by atoms with van der Waals surface area (Å²) in [4.78, 5) is 30.8. The molecule has 1 amide bonds. The van der Waals surface area contributed by atoms with Crippen molar-refractivity contribution in [2.75, 3.05) is 5.32 Å². The van der Waals surface area contributed by atoms with E-state index in [1.165, 1.54) is 11.3 Å². The van der Waals surface area contributed by atoms with Crippen LogP contribution in [-0.4, -0.2) is 15.9 Å². The molecule has 0 spiro atoms. The standard InChI is InChI=1S/C20H17N3O3S/c1-11-3-5-14(12(2)7-11)21-18(24)9-19-22-16(10-27-19)13-4-6-15-17(8-13)26-20(25)23-15/h3-8,10H,9H2,1-2H3,(H,21,24)(H,23,25). The van der Waals surface area contributed by atoms with Crippen molar-refractivity contribution in [2.24, 2.45) is 0 Å². The van der Waals surface area contributed by atoms with Gasteiger partial charge < -0.3 is 9.73 Å². The van der Waals surface area contributed by atoms with Crippen molar-refractivity contribution in [3.63, 3.8) is 0 Å². The fourth-order valence-corrected chi connectivity index (χ4v) is 3.72. The zero-order valence-electron chi connectivity index (χ0n) is 14.8. The van der Waals surface area contributed by atoms with Crippen LogP contribution in [0.1, 0.15) is 16.1 Å². The normalized spacial score (nSPS) is 11.0. The minimum absolute atomic E-state index is 0.102. The summed E-state index contributed by atoms with van der Waals surface area (Å²) in [6, 6.07) is 11.3. The van der Waals surface area contributed by atoms with Gasteiger partial charge in [0.1, 0.15) is 5.01 Å². The number of aromatic nitrogens is 2. The molecule has 0 aliphatic carbocycles. The highest BCUT2D eigenvalue weighted by atomic mass is 32.1. The molecule has 7 heteroatoms. The Kier molecular flexibility index (Phi) is 4.37. The Morgan fingerprint density at radius 2 is 2.07 bits per heavy atom. The second-order valence-electron chi connectivity index (χ2n) is 6.40. The summed E-state index contributed by atoms with van der Waals surface area (Å²) in [5, 5.41) is 5.56. The second-order valence-corrected chi connectivity index (χ2v) is 7.34. The Labute approximate surface area is 158 Å². The number of thiazole rings is 1. The molecule has 0 radical (unpaired) electrons. The molecule has 0 saturated carbocycles. The Morgan fingerprint density at radius 1 is 1.22 bits per heavy atom. The van der Waals surface area contributed by atoms with Crippen molar-refractivity contribution < 1.29 is 9.21 Å². The van der Waals surface area contributed by atoms with Crippen molar-refractivity contribution in [1.82, 2.24) is 9.97 Å². The Balaban J connectivity index is 1.49. The van der Waals surface area contributed by atoms with Crippen molar-refractivity contribution in [1.29, 1.82) is 0 Å². The van der Waals surface area contributed by atoms with Gasteiger partial charge in [0.05, 0.1) is 17.6 Å². The van der Waals surface area contributed by atoms with Gasteiger partial charge in [-0.15, -0.1) is 11.3 Å². The van der Waals surface area contributed by atoms with E-state index in [0.29, 0.717) is 11.1 Å². The van der Waals surface area contributed by atoms with Crippen LogP contribution in [0, 0.1) is 13.8 Å². The highest BCUT2D eigenvalue weighted by molar-refractivity contribution is 7.10. The molecule has 0 fully saturated rings. The lowest BCUT2D eigenvalue weighted by Crippen LogP contribution is -2.15. The van der Waals surface area contributed by atoms with Gasteiger partial charge in [0.15, 0.2) is 5.58 Å². The minimum atomic E-state index is -0.482. The number of benzene rings is 2. The smallest absolute Gasteiger partial charge is 0.408 e. The first-order valence-corrected chi connectivity index (χ1v) is 9.31. The zero-order chi connectivity index (χ0) is 19.0.